The SMILES string of the molecule is CC1(C)c2ccccc2-c2ccc(N(c3ccc(-c4ccccc4)cc3)c3ccc(-c4ccc5c(c4)C(c4ccccc4)(c4ccccc4)c4cccc(-c6ccccc6)c4-5)c4c3oc3ccccc34)cc21. The summed E-state index contributed by atoms with van der Waals surface area (Å²) in [5.74, 6) is 0. The van der Waals surface area contributed by atoms with Crippen molar-refractivity contribution in [3.8, 4) is 55.6 Å². The van der Waals surface area contributed by atoms with Gasteiger partial charge in [0, 0.05) is 27.6 Å². The van der Waals surface area contributed by atoms with Crippen molar-refractivity contribution in [1.29, 1.82) is 0 Å². The van der Waals surface area contributed by atoms with E-state index in [9.17, 15) is 0 Å². The number of hydrogen-bond acceptors (Lipinski definition) is 2. The summed E-state index contributed by atoms with van der Waals surface area (Å²) in [5, 5.41) is 2.18. The van der Waals surface area contributed by atoms with E-state index in [2.05, 4.69) is 280 Å². The number of para-hydroxylation sites is 1. The first-order valence-electron chi connectivity index (χ1n) is 25.1. The predicted molar refractivity (Wildman–Crippen MR) is 300 cm³/mol. The summed E-state index contributed by atoms with van der Waals surface area (Å²) >= 11 is 0. The van der Waals surface area contributed by atoms with E-state index < -0.39 is 5.41 Å². The van der Waals surface area contributed by atoms with E-state index in [1.807, 2.05) is 0 Å². The number of benzene rings is 11. The number of fused-ring (bicyclic) bond motifs is 9. The number of anilines is 3. The lowest BCUT2D eigenvalue weighted by molar-refractivity contribution is 0.660. The van der Waals surface area contributed by atoms with Gasteiger partial charge in [-0.1, -0.05) is 232 Å². The molecule has 0 N–H and O–H groups in total. The molecule has 1 aromatic heterocycles. The van der Waals surface area contributed by atoms with Crippen molar-refractivity contribution >= 4 is 39.0 Å². The average Bonchev–Trinajstić information content (AvgIpc) is 4.06. The van der Waals surface area contributed by atoms with Crippen LogP contribution in [0.15, 0.2) is 265 Å². The van der Waals surface area contributed by atoms with Crippen LogP contribution in [0.1, 0.15) is 47.2 Å². The summed E-state index contributed by atoms with van der Waals surface area (Å²) in [6, 6.07) is 95.9. The van der Waals surface area contributed by atoms with Crippen LogP contribution < -0.4 is 4.90 Å². The van der Waals surface area contributed by atoms with Gasteiger partial charge in [0.05, 0.1) is 11.1 Å². The van der Waals surface area contributed by atoms with Crippen LogP contribution >= 0.6 is 0 Å². The molecular formula is C70H49NO. The van der Waals surface area contributed by atoms with Crippen LogP contribution in [-0.2, 0) is 10.8 Å². The van der Waals surface area contributed by atoms with Crippen LogP contribution in [0.4, 0.5) is 17.1 Å². The van der Waals surface area contributed by atoms with Crippen molar-refractivity contribution in [3.63, 3.8) is 0 Å². The van der Waals surface area contributed by atoms with Crippen molar-refractivity contribution < 1.29 is 4.42 Å². The Balaban J connectivity index is 1.01. The zero-order valence-electron chi connectivity index (χ0n) is 40.2. The normalized spacial score (nSPS) is 13.6. The van der Waals surface area contributed by atoms with Crippen LogP contribution in [0, 0.1) is 0 Å². The molecule has 0 atom stereocenters. The van der Waals surface area contributed by atoms with Crippen LogP contribution in [0.2, 0.25) is 0 Å². The van der Waals surface area contributed by atoms with Gasteiger partial charge in [0.2, 0.25) is 0 Å². The number of nitrogens with zero attached hydrogens (tertiary/aromatic N) is 1. The molecule has 0 radical (unpaired) electrons. The van der Waals surface area contributed by atoms with Crippen LogP contribution in [0.25, 0.3) is 77.6 Å². The molecule has 2 heteroatoms. The molecule has 11 aromatic carbocycles. The number of furan rings is 1. The van der Waals surface area contributed by atoms with Gasteiger partial charge in [0.25, 0.3) is 0 Å². The molecule has 0 saturated heterocycles. The number of hydrogen-bond donors (Lipinski definition) is 0. The molecule has 0 bridgehead atoms. The zero-order valence-corrected chi connectivity index (χ0v) is 40.2. The van der Waals surface area contributed by atoms with E-state index in [0.717, 1.165) is 50.1 Å². The molecule has 14 rings (SSSR count). The minimum atomic E-state index is -0.588. The van der Waals surface area contributed by atoms with Gasteiger partial charge in [-0.05, 0) is 131 Å². The summed E-state index contributed by atoms with van der Waals surface area (Å²) in [5.41, 5.74) is 24.0. The Morgan fingerprint density at radius 3 is 1.62 bits per heavy atom. The maximum Gasteiger partial charge on any atom is 0.160 e. The Morgan fingerprint density at radius 2 is 0.889 bits per heavy atom. The highest BCUT2D eigenvalue weighted by Gasteiger charge is 2.47. The zero-order chi connectivity index (χ0) is 48.0. The monoisotopic (exact) mass is 919 g/mol. The molecule has 0 spiro atoms. The largest absolute Gasteiger partial charge is 0.454 e. The van der Waals surface area contributed by atoms with Crippen molar-refractivity contribution in [1.82, 2.24) is 0 Å². The van der Waals surface area contributed by atoms with Gasteiger partial charge in [-0.2, -0.15) is 0 Å². The van der Waals surface area contributed by atoms with Gasteiger partial charge in [0.1, 0.15) is 5.58 Å². The lowest BCUT2D eigenvalue weighted by Crippen LogP contribution is -2.28. The quantitative estimate of drug-likeness (QED) is 0.151. The Labute approximate surface area is 420 Å². The summed E-state index contributed by atoms with van der Waals surface area (Å²) in [4.78, 5) is 2.41. The lowest BCUT2D eigenvalue weighted by Gasteiger charge is -2.34. The maximum absolute atomic E-state index is 7.19. The summed E-state index contributed by atoms with van der Waals surface area (Å²) in [6.07, 6.45) is 0. The highest BCUT2D eigenvalue weighted by Crippen LogP contribution is 2.60. The Kier molecular flexibility index (Phi) is 9.50. The minimum absolute atomic E-state index is 0.173. The van der Waals surface area contributed by atoms with Gasteiger partial charge >= 0.3 is 0 Å². The second-order valence-electron chi connectivity index (χ2n) is 19.9. The highest BCUT2D eigenvalue weighted by atomic mass is 16.3. The molecular weight excluding hydrogens is 871 g/mol. The maximum atomic E-state index is 7.19. The molecule has 72 heavy (non-hydrogen) atoms. The average molecular weight is 920 g/mol. The van der Waals surface area contributed by atoms with E-state index in [1.165, 1.54) is 77.9 Å². The van der Waals surface area contributed by atoms with Crippen LogP contribution in [0.5, 0.6) is 0 Å². The van der Waals surface area contributed by atoms with Crippen molar-refractivity contribution in [2.24, 2.45) is 0 Å². The third-order valence-corrected chi connectivity index (χ3v) is 15.8. The molecule has 0 fully saturated rings. The van der Waals surface area contributed by atoms with E-state index >= 15 is 0 Å². The third kappa shape index (κ3) is 6.22. The summed E-state index contributed by atoms with van der Waals surface area (Å²) < 4.78 is 7.19. The highest BCUT2D eigenvalue weighted by molar-refractivity contribution is 6.17. The fourth-order valence-corrected chi connectivity index (χ4v) is 12.5. The van der Waals surface area contributed by atoms with E-state index in [-0.39, 0.29) is 5.41 Å². The van der Waals surface area contributed by atoms with E-state index in [0.29, 0.717) is 0 Å². The second-order valence-corrected chi connectivity index (χ2v) is 19.9. The third-order valence-electron chi connectivity index (χ3n) is 15.8. The molecule has 2 aliphatic rings. The van der Waals surface area contributed by atoms with E-state index in [1.54, 1.807) is 0 Å². The van der Waals surface area contributed by atoms with Gasteiger partial charge < -0.3 is 9.32 Å². The van der Waals surface area contributed by atoms with Crippen molar-refractivity contribution in [3.05, 3.63) is 294 Å². The molecule has 1 heterocycles. The Morgan fingerprint density at radius 1 is 0.347 bits per heavy atom. The Hall–Kier alpha value is -8.98. The first-order valence-corrected chi connectivity index (χ1v) is 25.1. The van der Waals surface area contributed by atoms with Gasteiger partial charge in [-0.25, -0.2) is 0 Å². The molecule has 0 aliphatic heterocycles. The van der Waals surface area contributed by atoms with Crippen LogP contribution in [0.3, 0.4) is 0 Å². The standard InChI is InChI=1S/C70H49NO/c1-69(2)60-31-17-15-28-56(60)57-41-39-53(45-62(57)69)71(52-37-34-47(35-38-52)46-20-7-3-8-21-46)64-43-42-55(67-59-29-16-18-33-65(59)72-68(64)67)49-36-40-58-63(44-49)70(50-24-11-5-12-25-50,51-26-13-6-14-27-51)61-32-19-30-54(66(58)61)48-22-9-4-10-23-48/h3-45H,1-2H3. The van der Waals surface area contributed by atoms with Crippen molar-refractivity contribution in [2.75, 3.05) is 4.90 Å². The smallest absolute Gasteiger partial charge is 0.160 e. The topological polar surface area (TPSA) is 16.4 Å². The number of rotatable bonds is 8. The van der Waals surface area contributed by atoms with Gasteiger partial charge in [-0.15, -0.1) is 0 Å². The molecule has 0 unspecified atom stereocenters. The lowest BCUT2D eigenvalue weighted by atomic mass is 9.67. The molecule has 0 saturated carbocycles. The summed E-state index contributed by atoms with van der Waals surface area (Å²) in [7, 11) is 0. The Bertz CT molecular complexity index is 4000. The fourth-order valence-electron chi connectivity index (χ4n) is 12.5. The predicted octanol–water partition coefficient (Wildman–Crippen LogP) is 18.7. The molecule has 12 aromatic rings. The van der Waals surface area contributed by atoms with E-state index in [4.69, 9.17) is 4.42 Å². The first kappa shape index (κ1) is 41.9. The van der Waals surface area contributed by atoms with Crippen LogP contribution in [-0.4, -0.2) is 0 Å². The van der Waals surface area contributed by atoms with Gasteiger partial charge in [0.15, 0.2) is 5.58 Å². The first-order chi connectivity index (χ1) is 35.5. The molecule has 0 amide bonds. The minimum Gasteiger partial charge on any atom is -0.454 e. The summed E-state index contributed by atoms with van der Waals surface area (Å²) in [6.45, 7) is 4.71. The molecule has 2 nitrogen and oxygen atoms in total. The molecule has 340 valence electrons. The molecule has 2 aliphatic carbocycles. The van der Waals surface area contributed by atoms with Crippen molar-refractivity contribution in [2.45, 2.75) is 24.7 Å². The fraction of sp³-hybridized carbons (Fsp3) is 0.0571. The second kappa shape index (κ2) is 16.3. The van der Waals surface area contributed by atoms with Gasteiger partial charge in [-0.3, -0.25) is 0 Å².